The zero-order valence-corrected chi connectivity index (χ0v) is 11.6. The van der Waals surface area contributed by atoms with Crippen LogP contribution in [0.25, 0.3) is 0 Å². The van der Waals surface area contributed by atoms with E-state index in [4.69, 9.17) is 5.73 Å². The molecule has 1 atom stereocenters. The highest BCUT2D eigenvalue weighted by atomic mass is 32.1. The van der Waals surface area contributed by atoms with Gasteiger partial charge in [-0.2, -0.15) is 0 Å². The maximum Gasteiger partial charge on any atom is 0.0730 e. The number of rotatable bonds is 2. The number of hydrogen-bond acceptors (Lipinski definition) is 2. The predicted octanol–water partition coefficient (Wildman–Crippen LogP) is 3.85. The first-order valence-corrected chi connectivity index (χ1v) is 7.51. The summed E-state index contributed by atoms with van der Waals surface area (Å²) in [7, 11) is 0. The van der Waals surface area contributed by atoms with E-state index in [1.54, 1.807) is 11.3 Å². The molecule has 2 aromatic rings. The summed E-state index contributed by atoms with van der Waals surface area (Å²) < 4.78 is 0. The lowest BCUT2D eigenvalue weighted by molar-refractivity contribution is 0.610. The van der Waals surface area contributed by atoms with Crippen LogP contribution in [0.5, 0.6) is 0 Å². The largest absolute Gasteiger partial charge is 0.317 e. The van der Waals surface area contributed by atoms with Gasteiger partial charge in [0.25, 0.3) is 0 Å². The molecular weight excluding hydrogens is 238 g/mol. The molecule has 1 aromatic carbocycles. The molecule has 0 amide bonds. The molecule has 3 rings (SSSR count). The molecular formula is C16H19NS. The Balaban J connectivity index is 2.02. The Morgan fingerprint density at radius 3 is 2.61 bits per heavy atom. The molecule has 18 heavy (non-hydrogen) atoms. The molecule has 0 saturated heterocycles. The van der Waals surface area contributed by atoms with Crippen LogP contribution in [-0.4, -0.2) is 0 Å². The van der Waals surface area contributed by atoms with E-state index in [-0.39, 0.29) is 5.54 Å². The van der Waals surface area contributed by atoms with E-state index in [0.717, 1.165) is 0 Å². The predicted molar refractivity (Wildman–Crippen MR) is 78.0 cm³/mol. The van der Waals surface area contributed by atoms with Crippen LogP contribution in [0, 0.1) is 0 Å². The summed E-state index contributed by atoms with van der Waals surface area (Å²) in [5, 5.41) is 2.10. The van der Waals surface area contributed by atoms with E-state index >= 15 is 0 Å². The van der Waals surface area contributed by atoms with Gasteiger partial charge in [0, 0.05) is 4.88 Å². The molecule has 0 fully saturated rings. The lowest BCUT2D eigenvalue weighted by atomic mass is 9.85. The second-order valence-electron chi connectivity index (χ2n) is 5.37. The Morgan fingerprint density at radius 1 is 1.11 bits per heavy atom. The summed E-state index contributed by atoms with van der Waals surface area (Å²) in [4.78, 5) is 1.23. The second-order valence-corrected chi connectivity index (χ2v) is 6.32. The fourth-order valence-corrected chi connectivity index (χ4v) is 3.60. The molecule has 0 radical (unpaired) electrons. The molecule has 1 unspecified atom stereocenters. The first kappa shape index (κ1) is 11.9. The molecule has 1 aromatic heterocycles. The Bertz CT molecular complexity index is 540. The Kier molecular flexibility index (Phi) is 3.00. The third-order valence-electron chi connectivity index (χ3n) is 3.98. The first-order chi connectivity index (χ1) is 8.68. The van der Waals surface area contributed by atoms with E-state index in [9.17, 15) is 0 Å². The van der Waals surface area contributed by atoms with E-state index in [0.29, 0.717) is 0 Å². The molecule has 94 valence electrons. The van der Waals surface area contributed by atoms with Crippen molar-refractivity contribution < 1.29 is 0 Å². The number of aryl methyl sites for hydroxylation is 2. The topological polar surface area (TPSA) is 26.0 Å². The van der Waals surface area contributed by atoms with Crippen LogP contribution >= 0.6 is 11.3 Å². The van der Waals surface area contributed by atoms with Gasteiger partial charge in [-0.25, -0.2) is 0 Å². The minimum Gasteiger partial charge on any atom is -0.317 e. The molecule has 1 aliphatic carbocycles. The van der Waals surface area contributed by atoms with E-state index in [2.05, 4.69) is 42.6 Å². The summed E-state index contributed by atoms with van der Waals surface area (Å²) >= 11 is 1.74. The Labute approximate surface area is 113 Å². The first-order valence-electron chi connectivity index (χ1n) is 6.63. The summed E-state index contributed by atoms with van der Waals surface area (Å²) in [5.41, 5.74) is 10.5. The number of fused-ring (bicyclic) bond motifs is 1. The van der Waals surface area contributed by atoms with E-state index < -0.39 is 0 Å². The second kappa shape index (κ2) is 4.52. The van der Waals surface area contributed by atoms with Crippen LogP contribution in [0.3, 0.4) is 0 Å². The molecule has 0 aliphatic heterocycles. The third kappa shape index (κ3) is 2.00. The van der Waals surface area contributed by atoms with Crippen LogP contribution in [0.2, 0.25) is 0 Å². The van der Waals surface area contributed by atoms with Gasteiger partial charge in [-0.1, -0.05) is 24.3 Å². The van der Waals surface area contributed by atoms with Crippen molar-refractivity contribution >= 4 is 11.3 Å². The van der Waals surface area contributed by atoms with Gasteiger partial charge < -0.3 is 5.73 Å². The average molecular weight is 257 g/mol. The van der Waals surface area contributed by atoms with Gasteiger partial charge in [0.05, 0.1) is 5.54 Å². The van der Waals surface area contributed by atoms with Crippen molar-refractivity contribution in [3.8, 4) is 0 Å². The lowest BCUT2D eigenvalue weighted by Crippen LogP contribution is -2.33. The molecule has 0 spiro atoms. The van der Waals surface area contributed by atoms with Crippen LogP contribution in [0.1, 0.15) is 41.3 Å². The standard InChI is InChI=1S/C16H19NS/c1-16(17,15-7-4-10-18-15)14-9-8-12-5-2-3-6-13(12)11-14/h4,7-11H,2-3,5-6,17H2,1H3. The molecule has 2 N–H and O–H groups in total. The highest BCUT2D eigenvalue weighted by Gasteiger charge is 2.25. The van der Waals surface area contributed by atoms with Gasteiger partial charge in [-0.05, 0) is 60.7 Å². The number of nitrogens with two attached hydrogens (primary N) is 1. The van der Waals surface area contributed by atoms with E-state index in [1.165, 1.54) is 47.3 Å². The van der Waals surface area contributed by atoms with Crippen LogP contribution in [0.15, 0.2) is 35.7 Å². The molecule has 0 saturated carbocycles. The summed E-state index contributed by atoms with van der Waals surface area (Å²) in [6.45, 7) is 2.11. The number of benzene rings is 1. The highest BCUT2D eigenvalue weighted by Crippen LogP contribution is 2.32. The fourth-order valence-electron chi connectivity index (χ4n) is 2.77. The van der Waals surface area contributed by atoms with Crippen molar-refractivity contribution in [1.29, 1.82) is 0 Å². The molecule has 1 nitrogen and oxygen atoms in total. The lowest BCUT2D eigenvalue weighted by Gasteiger charge is -2.26. The zero-order valence-electron chi connectivity index (χ0n) is 10.8. The van der Waals surface area contributed by atoms with Crippen molar-refractivity contribution in [1.82, 2.24) is 0 Å². The quantitative estimate of drug-likeness (QED) is 0.869. The van der Waals surface area contributed by atoms with Gasteiger partial charge >= 0.3 is 0 Å². The normalized spacial score (nSPS) is 18.1. The molecule has 1 heterocycles. The maximum atomic E-state index is 6.55. The van der Waals surface area contributed by atoms with E-state index in [1.807, 2.05) is 0 Å². The minimum absolute atomic E-state index is 0.360. The zero-order chi connectivity index (χ0) is 12.6. The fraction of sp³-hybridized carbons (Fsp3) is 0.375. The van der Waals surface area contributed by atoms with Crippen molar-refractivity contribution in [2.75, 3.05) is 0 Å². The molecule has 0 bridgehead atoms. The SMILES string of the molecule is CC(N)(c1ccc2c(c1)CCCC2)c1cccs1. The van der Waals surface area contributed by atoms with Crippen molar-refractivity contribution in [3.63, 3.8) is 0 Å². The van der Waals surface area contributed by atoms with Gasteiger partial charge in [0.15, 0.2) is 0 Å². The van der Waals surface area contributed by atoms with Crippen LogP contribution < -0.4 is 5.73 Å². The maximum absolute atomic E-state index is 6.55. The van der Waals surface area contributed by atoms with Crippen LogP contribution in [-0.2, 0) is 18.4 Å². The van der Waals surface area contributed by atoms with Gasteiger partial charge in [0.2, 0.25) is 0 Å². The van der Waals surface area contributed by atoms with Crippen molar-refractivity contribution in [3.05, 3.63) is 57.3 Å². The minimum atomic E-state index is -0.360. The van der Waals surface area contributed by atoms with Crippen molar-refractivity contribution in [2.24, 2.45) is 5.73 Å². The summed E-state index contributed by atoms with van der Waals surface area (Å²) in [6, 6.07) is 11.0. The smallest absolute Gasteiger partial charge is 0.0730 e. The molecule has 2 heteroatoms. The summed E-state index contributed by atoms with van der Waals surface area (Å²) in [6.07, 6.45) is 5.09. The van der Waals surface area contributed by atoms with Gasteiger partial charge in [0.1, 0.15) is 0 Å². The Hall–Kier alpha value is -1.12. The third-order valence-corrected chi connectivity index (χ3v) is 5.09. The highest BCUT2D eigenvalue weighted by molar-refractivity contribution is 7.10. The van der Waals surface area contributed by atoms with Gasteiger partial charge in [-0.3, -0.25) is 0 Å². The Morgan fingerprint density at radius 2 is 1.89 bits per heavy atom. The molecule has 1 aliphatic rings. The number of thiophene rings is 1. The van der Waals surface area contributed by atoms with Crippen molar-refractivity contribution in [2.45, 2.75) is 38.1 Å². The average Bonchev–Trinajstić information content (AvgIpc) is 2.92. The number of hydrogen-bond donors (Lipinski definition) is 1. The monoisotopic (exact) mass is 257 g/mol. The van der Waals surface area contributed by atoms with Crippen LogP contribution in [0.4, 0.5) is 0 Å². The van der Waals surface area contributed by atoms with Gasteiger partial charge in [-0.15, -0.1) is 11.3 Å². The summed E-state index contributed by atoms with van der Waals surface area (Å²) in [5.74, 6) is 0.